The van der Waals surface area contributed by atoms with Gasteiger partial charge in [0.05, 0.1) is 18.9 Å². The van der Waals surface area contributed by atoms with Gasteiger partial charge in [0.1, 0.15) is 5.75 Å². The Hall–Kier alpha value is -3.97. The summed E-state index contributed by atoms with van der Waals surface area (Å²) in [7, 11) is 3.56. The maximum Gasteiger partial charge on any atom is 0.573 e. The SMILES string of the molecule is CC(c1ccncc1)N(C)C(=O)CN1CC2C(C[N-]Cc3cccc(OC(F)(F)F)c3)C2C1.Cn1cnc(C(=O)O)c1. The fourth-order valence-corrected chi connectivity index (χ4v) is 5.23. The molecule has 2 fully saturated rings. The highest BCUT2D eigenvalue weighted by molar-refractivity contribution is 5.84. The highest BCUT2D eigenvalue weighted by Gasteiger charge is 2.53. The molecule has 3 aromatic rings. The van der Waals surface area contributed by atoms with Gasteiger partial charge in [-0.05, 0) is 48.6 Å². The molecule has 1 N–H and O–H groups in total. The van der Waals surface area contributed by atoms with Crippen molar-refractivity contribution in [2.75, 3.05) is 33.2 Å². The average Bonchev–Trinajstić information content (AvgIpc) is 3.24. The number of piperidine rings is 1. The molecule has 1 aromatic carbocycles. The lowest BCUT2D eigenvalue weighted by atomic mass is 10.1. The van der Waals surface area contributed by atoms with Gasteiger partial charge in [0.25, 0.3) is 0 Å². The second-order valence-corrected chi connectivity index (χ2v) is 10.6. The molecule has 2 aliphatic rings. The summed E-state index contributed by atoms with van der Waals surface area (Å²) in [6.45, 7) is 5.27. The Bertz CT molecular complexity index is 1340. The number of aryl methyl sites for hydroxylation is 1. The Morgan fingerprint density at radius 3 is 2.45 bits per heavy atom. The second kappa shape index (κ2) is 13.3. The number of amides is 1. The van der Waals surface area contributed by atoms with Gasteiger partial charge < -0.3 is 24.6 Å². The molecule has 0 radical (unpaired) electrons. The molecule has 1 amide bonds. The molecule has 10 nitrogen and oxygen atoms in total. The molecule has 226 valence electrons. The van der Waals surface area contributed by atoms with Crippen LogP contribution in [0.3, 0.4) is 0 Å². The average molecular weight is 588 g/mol. The van der Waals surface area contributed by atoms with Crippen LogP contribution < -0.4 is 4.74 Å². The van der Waals surface area contributed by atoms with Crippen molar-refractivity contribution in [1.82, 2.24) is 24.3 Å². The van der Waals surface area contributed by atoms with Crippen LogP contribution >= 0.6 is 0 Å². The standard InChI is InChI=1S/C24H28F3N4O2.C5H6N2O2/c1-16(18-6-8-28-9-7-18)30(2)23(32)15-31-13-21-20(22(21)14-31)12-29-11-17-4-3-5-19(10-17)33-24(25,26)27;1-7-2-4(5(8)9)6-3-7/h3-10,16,20-22H,11-15H2,1-2H3;2-3H,1H3,(H,8,9)/q-1;. The number of hydrogen-bond donors (Lipinski definition) is 1. The van der Waals surface area contributed by atoms with E-state index in [-0.39, 0.29) is 23.4 Å². The van der Waals surface area contributed by atoms with Gasteiger partial charge in [-0.2, -0.15) is 0 Å². The van der Waals surface area contributed by atoms with Gasteiger partial charge in [-0.3, -0.25) is 14.7 Å². The third-order valence-electron chi connectivity index (χ3n) is 7.66. The number of ether oxygens (including phenoxy) is 1. The van der Waals surface area contributed by atoms with Crippen molar-refractivity contribution in [2.45, 2.75) is 25.9 Å². The van der Waals surface area contributed by atoms with Gasteiger partial charge in [0.2, 0.25) is 5.91 Å². The van der Waals surface area contributed by atoms with Crippen LogP contribution in [0.4, 0.5) is 13.2 Å². The smallest absolute Gasteiger partial charge is 0.573 e. The van der Waals surface area contributed by atoms with Crippen molar-refractivity contribution < 1.29 is 32.6 Å². The Morgan fingerprint density at radius 1 is 1.19 bits per heavy atom. The number of aromatic nitrogens is 3. The molecule has 0 bridgehead atoms. The van der Waals surface area contributed by atoms with Crippen LogP contribution in [0.2, 0.25) is 0 Å². The second-order valence-electron chi connectivity index (χ2n) is 10.6. The van der Waals surface area contributed by atoms with Crippen molar-refractivity contribution in [1.29, 1.82) is 0 Å². The summed E-state index contributed by atoms with van der Waals surface area (Å²) in [5, 5.41) is 12.9. The number of likely N-dealkylation sites (N-methyl/N-ethyl adjacent to an activating group) is 1. The first-order chi connectivity index (χ1) is 19.9. The number of pyridine rings is 1. The summed E-state index contributed by atoms with van der Waals surface area (Å²) in [5.74, 6) is 0.480. The third kappa shape index (κ3) is 8.52. The van der Waals surface area contributed by atoms with E-state index in [1.165, 1.54) is 24.7 Å². The van der Waals surface area contributed by atoms with Crippen LogP contribution in [-0.4, -0.2) is 80.9 Å². The molecule has 3 atom stereocenters. The van der Waals surface area contributed by atoms with Gasteiger partial charge in [0, 0.05) is 45.8 Å². The van der Waals surface area contributed by atoms with Crippen molar-refractivity contribution in [2.24, 2.45) is 24.8 Å². The number of aromatic carboxylic acids is 1. The summed E-state index contributed by atoms with van der Waals surface area (Å²) in [5.41, 5.74) is 1.83. The third-order valence-corrected chi connectivity index (χ3v) is 7.66. The molecule has 1 saturated heterocycles. The zero-order chi connectivity index (χ0) is 30.4. The van der Waals surface area contributed by atoms with Gasteiger partial charge in [-0.15, -0.1) is 26.3 Å². The van der Waals surface area contributed by atoms with Crippen molar-refractivity contribution in [3.05, 3.63) is 83.5 Å². The zero-order valence-corrected chi connectivity index (χ0v) is 23.6. The predicted octanol–water partition coefficient (Wildman–Crippen LogP) is 4.37. The Morgan fingerprint density at radius 2 is 1.88 bits per heavy atom. The number of nitrogens with zero attached hydrogens (tertiary/aromatic N) is 6. The van der Waals surface area contributed by atoms with Gasteiger partial charge in [-0.25, -0.2) is 9.78 Å². The maximum atomic E-state index is 12.7. The van der Waals surface area contributed by atoms with E-state index >= 15 is 0 Å². The molecular weight excluding hydrogens is 553 g/mol. The lowest BCUT2D eigenvalue weighted by molar-refractivity contribution is -0.274. The van der Waals surface area contributed by atoms with E-state index < -0.39 is 12.3 Å². The Balaban J connectivity index is 0.000000385. The topological polar surface area (TPSA) is 115 Å². The summed E-state index contributed by atoms with van der Waals surface area (Å²) < 4.78 is 42.7. The first-order valence-corrected chi connectivity index (χ1v) is 13.5. The van der Waals surface area contributed by atoms with Crippen LogP contribution in [0.5, 0.6) is 5.75 Å². The molecule has 2 aromatic heterocycles. The van der Waals surface area contributed by atoms with Crippen molar-refractivity contribution in [3.8, 4) is 5.75 Å². The van der Waals surface area contributed by atoms with E-state index in [0.717, 1.165) is 18.7 Å². The van der Waals surface area contributed by atoms with Gasteiger partial charge in [-0.1, -0.05) is 23.6 Å². The predicted molar refractivity (Wildman–Crippen MR) is 148 cm³/mol. The van der Waals surface area contributed by atoms with E-state index in [1.807, 2.05) is 26.1 Å². The number of fused-ring (bicyclic) bond motifs is 1. The fourth-order valence-electron chi connectivity index (χ4n) is 5.23. The quantitative estimate of drug-likeness (QED) is 0.375. The Labute approximate surface area is 242 Å². The summed E-state index contributed by atoms with van der Waals surface area (Å²) >= 11 is 0. The number of imidazole rings is 1. The van der Waals surface area contributed by atoms with Crippen LogP contribution in [0.25, 0.3) is 5.32 Å². The lowest BCUT2D eigenvalue weighted by Crippen LogP contribution is -2.39. The summed E-state index contributed by atoms with van der Waals surface area (Å²) in [6, 6.07) is 9.79. The highest BCUT2D eigenvalue weighted by atomic mass is 19.4. The molecule has 5 rings (SSSR count). The zero-order valence-electron chi connectivity index (χ0n) is 23.6. The van der Waals surface area contributed by atoms with E-state index in [2.05, 4.69) is 24.9 Å². The number of benzene rings is 1. The lowest BCUT2D eigenvalue weighted by Gasteiger charge is -2.29. The molecule has 1 aliphatic carbocycles. The minimum atomic E-state index is -4.69. The van der Waals surface area contributed by atoms with Crippen LogP contribution in [0, 0.1) is 17.8 Å². The Kier molecular flexibility index (Phi) is 9.84. The minimum absolute atomic E-state index is 0.00998. The monoisotopic (exact) mass is 587 g/mol. The van der Waals surface area contributed by atoms with Crippen molar-refractivity contribution in [3.63, 3.8) is 0 Å². The first kappa shape index (κ1) is 31.0. The molecular formula is C29H34F3N6O4-. The number of carbonyl (C=O) groups is 2. The molecule has 0 spiro atoms. The summed E-state index contributed by atoms with van der Waals surface area (Å²) in [4.78, 5) is 34.5. The van der Waals surface area contributed by atoms with E-state index in [4.69, 9.17) is 5.11 Å². The number of alkyl halides is 3. The molecule has 3 heterocycles. The fraction of sp³-hybridized carbons (Fsp3) is 0.448. The molecule has 42 heavy (non-hydrogen) atoms. The normalized spacial score (nSPS) is 20.2. The maximum absolute atomic E-state index is 12.7. The van der Waals surface area contributed by atoms with Gasteiger partial charge >= 0.3 is 12.3 Å². The molecule has 13 heteroatoms. The first-order valence-electron chi connectivity index (χ1n) is 13.5. The number of carboxylic acid groups (broad SMARTS) is 1. The number of halogens is 3. The minimum Gasteiger partial charge on any atom is -0.658 e. The molecule has 1 saturated carbocycles. The van der Waals surface area contributed by atoms with E-state index in [9.17, 15) is 22.8 Å². The molecule has 1 aliphatic heterocycles. The number of hydrogen-bond acceptors (Lipinski definition) is 6. The highest BCUT2D eigenvalue weighted by Crippen LogP contribution is 2.52. The van der Waals surface area contributed by atoms with Crippen LogP contribution in [0.1, 0.15) is 34.6 Å². The van der Waals surface area contributed by atoms with Crippen LogP contribution in [0.15, 0.2) is 61.3 Å². The summed E-state index contributed by atoms with van der Waals surface area (Å²) in [6.07, 6.45) is 1.67. The van der Waals surface area contributed by atoms with Gasteiger partial charge in [0.15, 0.2) is 5.69 Å². The number of likely N-dealkylation sites (tertiary alicyclic amines) is 1. The van der Waals surface area contributed by atoms with Crippen LogP contribution in [-0.2, 0) is 18.4 Å². The van der Waals surface area contributed by atoms with E-state index in [0.29, 0.717) is 43.0 Å². The van der Waals surface area contributed by atoms with Crippen molar-refractivity contribution >= 4 is 11.9 Å². The van der Waals surface area contributed by atoms with E-state index in [1.54, 1.807) is 41.0 Å². The molecule has 3 unspecified atom stereocenters. The number of rotatable bonds is 10. The number of carboxylic acids is 1. The largest absolute Gasteiger partial charge is 0.658 e. The number of carbonyl (C=O) groups excluding carboxylic acids is 1.